The van der Waals surface area contributed by atoms with Gasteiger partial charge in [0.25, 0.3) is 7.82 Å². The van der Waals surface area contributed by atoms with Gasteiger partial charge < -0.3 is 13.9 Å². The molecular weight excluding hydrogens is 548 g/mol. The van der Waals surface area contributed by atoms with Gasteiger partial charge in [-0.05, 0) is 24.7 Å². The van der Waals surface area contributed by atoms with E-state index in [0.717, 1.165) is 51.4 Å². The number of unbranched alkanes of at least 4 members (excludes halogenated alkanes) is 2. The molecule has 23 heavy (non-hydrogen) atoms. The van der Waals surface area contributed by atoms with E-state index in [1.165, 1.54) is 0 Å². The molecule has 0 aromatic carbocycles. The van der Waals surface area contributed by atoms with E-state index in [1.807, 2.05) is 0 Å². The summed E-state index contributed by atoms with van der Waals surface area (Å²) >= 11 is 0. The zero-order chi connectivity index (χ0) is 16.1. The van der Waals surface area contributed by atoms with Crippen molar-refractivity contribution >= 4 is 7.82 Å². The van der Waals surface area contributed by atoms with E-state index in [4.69, 9.17) is 9.05 Å². The van der Waals surface area contributed by atoms with Gasteiger partial charge in [0.15, 0.2) is 0 Å². The van der Waals surface area contributed by atoms with Crippen molar-refractivity contribution in [2.45, 2.75) is 79.1 Å². The fourth-order valence-corrected chi connectivity index (χ4v) is 3.09. The molecule has 0 spiro atoms. The van der Waals surface area contributed by atoms with Crippen LogP contribution in [0.4, 0.5) is 0 Å². The second-order valence-corrected chi connectivity index (χ2v) is 7.28. The zero-order valence-electron chi connectivity index (χ0n) is 15.7. The molecule has 0 radical (unpaired) electrons. The van der Waals surface area contributed by atoms with Gasteiger partial charge in [-0.2, -0.15) is 0 Å². The molecule has 0 rings (SSSR count). The first kappa shape index (κ1) is 31.6. The Morgan fingerprint density at radius 3 is 1.48 bits per heavy atom. The number of hydrogen-bond acceptors (Lipinski definition) is 4. The van der Waals surface area contributed by atoms with E-state index in [2.05, 4.69) is 27.7 Å². The predicted molar refractivity (Wildman–Crippen MR) is 86.1 cm³/mol. The van der Waals surface area contributed by atoms with Gasteiger partial charge in [0, 0.05) is 71.9 Å². The molecule has 2 unspecified atom stereocenters. The first-order valence-electron chi connectivity index (χ1n) is 8.59. The molecule has 0 heterocycles. The van der Waals surface area contributed by atoms with Gasteiger partial charge in [-0.1, -0.05) is 66.2 Å². The van der Waals surface area contributed by atoms with Crippen LogP contribution in [0.25, 0.3) is 0 Å². The number of phosphoric ester groups is 1. The molecule has 0 bridgehead atoms. The molecule has 0 aliphatic heterocycles. The summed E-state index contributed by atoms with van der Waals surface area (Å²) in [6.07, 6.45) is 8.38. The van der Waals surface area contributed by atoms with Crippen molar-refractivity contribution in [3.8, 4) is 0 Å². The third kappa shape index (κ3) is 19.0. The molecule has 0 aromatic rings. The molecule has 0 aliphatic carbocycles. The van der Waals surface area contributed by atoms with Crippen molar-refractivity contribution in [2.75, 3.05) is 13.2 Å². The zero-order valence-corrected chi connectivity index (χ0v) is 22.4. The van der Waals surface area contributed by atoms with Gasteiger partial charge in [-0.25, -0.2) is 0 Å². The number of phosphoric acid groups is 1. The van der Waals surface area contributed by atoms with Crippen molar-refractivity contribution in [3.63, 3.8) is 0 Å². The van der Waals surface area contributed by atoms with Crippen LogP contribution >= 0.6 is 7.82 Å². The van der Waals surface area contributed by atoms with Gasteiger partial charge in [0.2, 0.25) is 0 Å². The van der Waals surface area contributed by atoms with Gasteiger partial charge >= 0.3 is 51.4 Å². The van der Waals surface area contributed by atoms with Crippen molar-refractivity contribution in [2.24, 2.45) is 11.8 Å². The van der Waals surface area contributed by atoms with E-state index < -0.39 is 7.82 Å². The van der Waals surface area contributed by atoms with E-state index in [0.29, 0.717) is 11.8 Å². The van der Waals surface area contributed by atoms with Crippen LogP contribution < -0.4 is 56.3 Å². The minimum atomic E-state index is -4.14. The van der Waals surface area contributed by atoms with E-state index in [9.17, 15) is 9.46 Å². The predicted octanol–water partition coefficient (Wildman–Crippen LogP) is 1.92. The Morgan fingerprint density at radius 2 is 1.22 bits per heavy atom. The van der Waals surface area contributed by atoms with Gasteiger partial charge in [-0.3, -0.25) is 4.57 Å². The summed E-state index contributed by atoms with van der Waals surface area (Å²) in [7, 11) is -4.14. The fraction of sp³-hybridized carbons (Fsp3) is 1.00. The summed E-state index contributed by atoms with van der Waals surface area (Å²) in [5.41, 5.74) is 0. The van der Waals surface area contributed by atoms with Crippen LogP contribution in [0.1, 0.15) is 79.1 Å². The fourth-order valence-electron chi connectivity index (χ4n) is 2.23. The normalized spacial score (nSPS) is 15.9. The van der Waals surface area contributed by atoms with Crippen LogP contribution in [0.15, 0.2) is 0 Å². The van der Waals surface area contributed by atoms with E-state index in [1.54, 1.807) is 0 Å². The molecule has 4 nitrogen and oxygen atoms in total. The third-order valence-electron chi connectivity index (χ3n) is 4.02. The second kappa shape index (κ2) is 20.6. The summed E-state index contributed by atoms with van der Waals surface area (Å²) < 4.78 is 21.9. The van der Waals surface area contributed by atoms with Crippen molar-refractivity contribution in [3.05, 3.63) is 0 Å². The van der Waals surface area contributed by atoms with Crippen LogP contribution in [0.5, 0.6) is 0 Å². The van der Waals surface area contributed by atoms with Crippen molar-refractivity contribution in [1.82, 2.24) is 0 Å². The van der Waals surface area contributed by atoms with Crippen LogP contribution in [0, 0.1) is 83.7 Å². The Labute approximate surface area is 248 Å². The summed E-state index contributed by atoms with van der Waals surface area (Å²) in [5, 5.41) is 0. The largest absolute Gasteiger partial charge is 1.00 e. The Kier molecular flexibility index (Phi) is 28.3. The van der Waals surface area contributed by atoms with Crippen LogP contribution in [-0.4, -0.2) is 13.2 Å². The molecule has 2 atom stereocenters. The summed E-state index contributed by atoms with van der Waals surface area (Å²) in [6.45, 7) is 8.91. The molecule has 0 amide bonds. The van der Waals surface area contributed by atoms with Crippen LogP contribution in [0.2, 0.25) is 0 Å². The van der Waals surface area contributed by atoms with Gasteiger partial charge in [0.1, 0.15) is 0 Å². The maximum absolute atomic E-state index is 11.8. The summed E-state index contributed by atoms with van der Waals surface area (Å²) in [5.74, 6) is 0.607. The Balaban J connectivity index is -0.00000200. The molecule has 0 N–H and O–H groups in total. The average molecular weight is 583 g/mol. The SMILES string of the molecule is CCCCC(CC)COP(=O)([O-])OCC(CC)CCCC.[K+].[Rn]. The Morgan fingerprint density at radius 1 is 0.870 bits per heavy atom. The molecular formula is C16H34KO4PRn. The standard InChI is InChI=1S/C16H35O4P.K.Rn/c1-5-9-11-15(7-3)13-19-21(17,18)20-14-16(8-4)12-10-6-2;;/h15-16H,5-14H2,1-4H3,(H,17,18);;/q;+1;/p-1. The maximum atomic E-state index is 11.8. The molecule has 0 saturated heterocycles. The third-order valence-corrected chi connectivity index (χ3v) is 4.95. The first-order chi connectivity index (χ1) is 9.99. The Bertz CT molecular complexity index is 271. The Hall–Kier alpha value is 3.86. The summed E-state index contributed by atoms with van der Waals surface area (Å²) in [4.78, 5) is 11.8. The van der Waals surface area contributed by atoms with Gasteiger partial charge in [0.05, 0.1) is 13.2 Å². The smallest absolute Gasteiger partial charge is 0.756 e. The molecule has 7 heteroatoms. The minimum absolute atomic E-state index is 0. The topological polar surface area (TPSA) is 58.6 Å². The molecule has 0 aromatic heterocycles. The van der Waals surface area contributed by atoms with E-state index in [-0.39, 0.29) is 136 Å². The first-order valence-corrected chi connectivity index (χ1v) is 10.0. The quantitative estimate of drug-likeness (QED) is 0.232. The average Bonchev–Trinajstić information content (AvgIpc) is 2.47. The van der Waals surface area contributed by atoms with Crippen LogP contribution in [0.3, 0.4) is 0 Å². The van der Waals surface area contributed by atoms with Crippen LogP contribution in [-0.2, 0) is 13.6 Å². The number of rotatable bonds is 14. The second-order valence-electron chi connectivity index (χ2n) is 5.87. The van der Waals surface area contributed by atoms with Gasteiger partial charge in [-0.15, -0.1) is 0 Å². The van der Waals surface area contributed by atoms with Crippen molar-refractivity contribution < 1.29 is 142 Å². The monoisotopic (exact) mass is 582 g/mol. The van der Waals surface area contributed by atoms with E-state index >= 15 is 0 Å². The number of hydrogen-bond donors (Lipinski definition) is 0. The van der Waals surface area contributed by atoms with Crippen molar-refractivity contribution in [1.29, 1.82) is 0 Å². The molecule has 0 saturated carbocycles. The summed E-state index contributed by atoms with van der Waals surface area (Å²) in [6, 6.07) is 0. The maximum Gasteiger partial charge on any atom is 1.00 e. The molecule has 136 valence electrons. The molecule has 0 aliphatic rings. The minimum Gasteiger partial charge on any atom is -0.756 e. The molecule has 0 fully saturated rings.